The van der Waals surface area contributed by atoms with E-state index in [0.29, 0.717) is 16.6 Å². The zero-order valence-electron chi connectivity index (χ0n) is 12.8. The number of nitrogen functional groups attached to an aromatic ring is 1. The van der Waals surface area contributed by atoms with Gasteiger partial charge in [0.1, 0.15) is 15.8 Å². The Morgan fingerprint density at radius 3 is 2.87 bits per heavy atom. The number of aromatic nitrogens is 2. The molecule has 3 heterocycles. The molecule has 0 aromatic carbocycles. The lowest BCUT2D eigenvalue weighted by atomic mass is 10.3. The number of nitrogens with zero attached hydrogens (tertiary/aromatic N) is 3. The first kappa shape index (κ1) is 15.7. The summed E-state index contributed by atoms with van der Waals surface area (Å²) in [6.07, 6.45) is 1.75. The number of hydrogen-bond acceptors (Lipinski definition) is 8. The normalized spacial score (nSPS) is 14.7. The Hall–Kier alpha value is -2.19. The summed E-state index contributed by atoms with van der Waals surface area (Å²) in [6.45, 7) is 5.15. The Labute approximate surface area is 138 Å². The molecule has 1 saturated heterocycles. The average molecular weight is 334 g/mol. The summed E-state index contributed by atoms with van der Waals surface area (Å²) in [6, 6.07) is 3.88. The standard InChI is InChI=1S/C15H18N4O3S/c1-2-22-15(20)12-13(16)23-14(18-12)10-3-4-11(17-9-10)19-5-7-21-8-6-19/h3-4,9H,2,5-8,16H2,1H3. The lowest BCUT2D eigenvalue weighted by Gasteiger charge is -2.27. The minimum Gasteiger partial charge on any atom is -0.461 e. The minimum absolute atomic E-state index is 0.170. The second kappa shape index (κ2) is 6.93. The number of nitrogens with two attached hydrogens (primary N) is 1. The molecular weight excluding hydrogens is 316 g/mol. The van der Waals surface area contributed by atoms with E-state index in [1.54, 1.807) is 13.1 Å². The quantitative estimate of drug-likeness (QED) is 0.853. The van der Waals surface area contributed by atoms with Gasteiger partial charge in [0, 0.05) is 24.8 Å². The second-order valence-electron chi connectivity index (χ2n) is 4.96. The Morgan fingerprint density at radius 1 is 1.43 bits per heavy atom. The molecule has 0 amide bonds. The summed E-state index contributed by atoms with van der Waals surface area (Å²) in [5, 5.41) is 1.02. The summed E-state index contributed by atoms with van der Waals surface area (Å²) in [7, 11) is 0. The second-order valence-corrected chi connectivity index (χ2v) is 5.99. The van der Waals surface area contributed by atoms with Gasteiger partial charge in [0.05, 0.1) is 19.8 Å². The van der Waals surface area contributed by atoms with E-state index in [9.17, 15) is 4.79 Å². The smallest absolute Gasteiger partial charge is 0.360 e. The molecule has 1 fully saturated rings. The molecule has 0 aliphatic carbocycles. The van der Waals surface area contributed by atoms with Crippen molar-refractivity contribution >= 4 is 28.1 Å². The molecular formula is C15H18N4O3S. The highest BCUT2D eigenvalue weighted by molar-refractivity contribution is 7.19. The molecule has 0 saturated carbocycles. The fourth-order valence-electron chi connectivity index (χ4n) is 2.29. The van der Waals surface area contributed by atoms with Crippen LogP contribution >= 0.6 is 11.3 Å². The fourth-order valence-corrected chi connectivity index (χ4v) is 3.10. The SMILES string of the molecule is CCOC(=O)c1nc(-c2ccc(N3CCOCC3)nc2)sc1N. The number of anilines is 2. The molecule has 3 rings (SSSR count). The van der Waals surface area contributed by atoms with Gasteiger partial charge < -0.3 is 20.1 Å². The fraction of sp³-hybridized carbons (Fsp3) is 0.400. The topological polar surface area (TPSA) is 90.6 Å². The van der Waals surface area contributed by atoms with Crippen LogP contribution in [0.2, 0.25) is 0 Å². The first-order valence-electron chi connectivity index (χ1n) is 7.41. The summed E-state index contributed by atoms with van der Waals surface area (Å²) >= 11 is 1.26. The van der Waals surface area contributed by atoms with Gasteiger partial charge in [-0.1, -0.05) is 11.3 Å². The molecule has 2 aromatic rings. The summed E-state index contributed by atoms with van der Waals surface area (Å²) in [5.74, 6) is 0.414. The third-order valence-corrected chi connectivity index (χ3v) is 4.39. The van der Waals surface area contributed by atoms with Crippen LogP contribution in [0.15, 0.2) is 18.3 Å². The van der Waals surface area contributed by atoms with Crippen molar-refractivity contribution in [2.24, 2.45) is 0 Å². The van der Waals surface area contributed by atoms with Gasteiger partial charge in [0.25, 0.3) is 0 Å². The van der Waals surface area contributed by atoms with Crippen LogP contribution in [-0.2, 0) is 9.47 Å². The van der Waals surface area contributed by atoms with Crippen molar-refractivity contribution in [2.75, 3.05) is 43.5 Å². The number of rotatable bonds is 4. The van der Waals surface area contributed by atoms with E-state index in [2.05, 4.69) is 14.9 Å². The zero-order chi connectivity index (χ0) is 16.2. The Kier molecular flexibility index (Phi) is 4.73. The number of ether oxygens (including phenoxy) is 2. The highest BCUT2D eigenvalue weighted by Crippen LogP contribution is 2.30. The van der Waals surface area contributed by atoms with Gasteiger partial charge in [-0.25, -0.2) is 14.8 Å². The van der Waals surface area contributed by atoms with Crippen molar-refractivity contribution in [2.45, 2.75) is 6.92 Å². The molecule has 0 radical (unpaired) electrons. The Bertz CT molecular complexity index is 681. The molecule has 8 heteroatoms. The Balaban J connectivity index is 1.79. The van der Waals surface area contributed by atoms with E-state index in [4.69, 9.17) is 15.2 Å². The third-order valence-electron chi connectivity index (χ3n) is 3.45. The molecule has 0 bridgehead atoms. The predicted octanol–water partition coefficient (Wildman–Crippen LogP) is 1.80. The molecule has 0 unspecified atom stereocenters. The maximum atomic E-state index is 11.8. The molecule has 2 aromatic heterocycles. The van der Waals surface area contributed by atoms with Gasteiger partial charge in [-0.05, 0) is 19.1 Å². The molecule has 1 aliphatic rings. The number of carbonyl (C=O) groups is 1. The Morgan fingerprint density at radius 2 is 2.22 bits per heavy atom. The first-order valence-corrected chi connectivity index (χ1v) is 8.23. The third kappa shape index (κ3) is 3.43. The van der Waals surface area contributed by atoms with E-state index in [1.807, 2.05) is 12.1 Å². The van der Waals surface area contributed by atoms with Crippen LogP contribution in [0.4, 0.5) is 10.8 Å². The van der Waals surface area contributed by atoms with E-state index in [0.717, 1.165) is 37.7 Å². The number of pyridine rings is 1. The number of esters is 1. The van der Waals surface area contributed by atoms with Gasteiger partial charge in [0.15, 0.2) is 5.69 Å². The van der Waals surface area contributed by atoms with Crippen LogP contribution in [0.5, 0.6) is 0 Å². The van der Waals surface area contributed by atoms with Crippen molar-refractivity contribution in [3.8, 4) is 10.6 Å². The molecule has 0 spiro atoms. The van der Waals surface area contributed by atoms with Crippen molar-refractivity contribution in [3.63, 3.8) is 0 Å². The maximum Gasteiger partial charge on any atom is 0.360 e. The predicted molar refractivity (Wildman–Crippen MR) is 88.7 cm³/mol. The van der Waals surface area contributed by atoms with Gasteiger partial charge in [-0.2, -0.15) is 0 Å². The summed E-state index contributed by atoms with van der Waals surface area (Å²) < 4.78 is 10.3. The van der Waals surface area contributed by atoms with E-state index >= 15 is 0 Å². The largest absolute Gasteiger partial charge is 0.461 e. The van der Waals surface area contributed by atoms with Crippen molar-refractivity contribution in [3.05, 3.63) is 24.0 Å². The van der Waals surface area contributed by atoms with Crippen molar-refractivity contribution in [1.29, 1.82) is 0 Å². The number of hydrogen-bond donors (Lipinski definition) is 1. The monoisotopic (exact) mass is 334 g/mol. The first-order chi connectivity index (χ1) is 11.2. The number of thiazole rings is 1. The van der Waals surface area contributed by atoms with Gasteiger partial charge in [0.2, 0.25) is 0 Å². The van der Waals surface area contributed by atoms with Crippen LogP contribution in [0.25, 0.3) is 10.6 Å². The number of carbonyl (C=O) groups excluding carboxylic acids is 1. The average Bonchev–Trinajstić information content (AvgIpc) is 2.98. The molecule has 7 nitrogen and oxygen atoms in total. The molecule has 0 atom stereocenters. The summed E-state index contributed by atoms with van der Waals surface area (Å²) in [4.78, 5) is 22.7. The van der Waals surface area contributed by atoms with Crippen molar-refractivity contribution in [1.82, 2.24) is 9.97 Å². The molecule has 1 aliphatic heterocycles. The maximum absolute atomic E-state index is 11.8. The zero-order valence-corrected chi connectivity index (χ0v) is 13.6. The van der Waals surface area contributed by atoms with Crippen LogP contribution in [0.1, 0.15) is 17.4 Å². The summed E-state index contributed by atoms with van der Waals surface area (Å²) in [5.41, 5.74) is 6.87. The lowest BCUT2D eigenvalue weighted by molar-refractivity contribution is 0.0521. The highest BCUT2D eigenvalue weighted by Gasteiger charge is 2.19. The van der Waals surface area contributed by atoms with E-state index in [1.165, 1.54) is 11.3 Å². The van der Waals surface area contributed by atoms with E-state index in [-0.39, 0.29) is 5.69 Å². The van der Waals surface area contributed by atoms with Crippen LogP contribution in [-0.4, -0.2) is 48.8 Å². The van der Waals surface area contributed by atoms with Crippen LogP contribution < -0.4 is 10.6 Å². The van der Waals surface area contributed by atoms with Crippen LogP contribution in [0, 0.1) is 0 Å². The highest BCUT2D eigenvalue weighted by atomic mass is 32.1. The van der Waals surface area contributed by atoms with Gasteiger partial charge >= 0.3 is 5.97 Å². The van der Waals surface area contributed by atoms with E-state index < -0.39 is 5.97 Å². The number of morpholine rings is 1. The van der Waals surface area contributed by atoms with Gasteiger partial charge in [-0.3, -0.25) is 0 Å². The molecule has 23 heavy (non-hydrogen) atoms. The van der Waals surface area contributed by atoms with Crippen LogP contribution in [0.3, 0.4) is 0 Å². The van der Waals surface area contributed by atoms with Crippen molar-refractivity contribution < 1.29 is 14.3 Å². The van der Waals surface area contributed by atoms with Gasteiger partial charge in [-0.15, -0.1) is 0 Å². The minimum atomic E-state index is -0.495. The molecule has 2 N–H and O–H groups in total. The molecule has 122 valence electrons. The lowest BCUT2D eigenvalue weighted by Crippen LogP contribution is -2.36.